The van der Waals surface area contributed by atoms with E-state index in [4.69, 9.17) is 15.2 Å². The molecule has 3 amide bonds. The number of primary amides is 1. The summed E-state index contributed by atoms with van der Waals surface area (Å²) in [5.41, 5.74) is 6.10. The molecule has 2 aromatic rings. The summed E-state index contributed by atoms with van der Waals surface area (Å²) < 4.78 is 10.6. The van der Waals surface area contributed by atoms with E-state index in [0.29, 0.717) is 18.0 Å². The molecule has 4 N–H and O–H groups in total. The van der Waals surface area contributed by atoms with Crippen molar-refractivity contribution in [2.75, 3.05) is 6.79 Å². The monoisotopic (exact) mass is 347 g/mol. The summed E-state index contributed by atoms with van der Waals surface area (Å²) in [6, 6.07) is 8.15. The fraction of sp³-hybridized carbons (Fsp3) is 0.250. The van der Waals surface area contributed by atoms with Crippen molar-refractivity contribution in [3.8, 4) is 11.5 Å². The van der Waals surface area contributed by atoms with E-state index >= 15 is 0 Å². The van der Waals surface area contributed by atoms with Crippen LogP contribution in [0.15, 0.2) is 35.7 Å². The number of carbonyl (C=O) groups excluding carboxylic acids is 2. The van der Waals surface area contributed by atoms with Crippen molar-refractivity contribution < 1.29 is 19.1 Å². The average Bonchev–Trinajstić information content (AvgIpc) is 3.22. The second-order valence-corrected chi connectivity index (χ2v) is 6.22. The molecular weight excluding hydrogens is 330 g/mol. The molecule has 0 saturated carbocycles. The van der Waals surface area contributed by atoms with Crippen LogP contribution in [0.3, 0.4) is 0 Å². The first-order chi connectivity index (χ1) is 11.6. The van der Waals surface area contributed by atoms with Gasteiger partial charge in [-0.1, -0.05) is 12.1 Å². The summed E-state index contributed by atoms with van der Waals surface area (Å²) in [5, 5.41) is 7.31. The summed E-state index contributed by atoms with van der Waals surface area (Å²) >= 11 is 1.46. The maximum absolute atomic E-state index is 12.2. The topological polar surface area (TPSA) is 103 Å². The van der Waals surface area contributed by atoms with Crippen LogP contribution in [-0.2, 0) is 11.3 Å². The second kappa shape index (κ2) is 7.22. The lowest BCUT2D eigenvalue weighted by atomic mass is 10.1. The molecular formula is C16H17N3O4S. The van der Waals surface area contributed by atoms with E-state index in [0.717, 1.165) is 10.4 Å². The maximum Gasteiger partial charge on any atom is 0.312 e. The fourth-order valence-corrected chi connectivity index (χ4v) is 3.17. The quantitative estimate of drug-likeness (QED) is 0.742. The van der Waals surface area contributed by atoms with Gasteiger partial charge >= 0.3 is 6.03 Å². The van der Waals surface area contributed by atoms with Crippen LogP contribution in [0.4, 0.5) is 4.79 Å². The van der Waals surface area contributed by atoms with Gasteiger partial charge in [-0.15, -0.1) is 11.3 Å². The lowest BCUT2D eigenvalue weighted by molar-refractivity contribution is -0.121. The van der Waals surface area contributed by atoms with Gasteiger partial charge in [-0.25, -0.2) is 4.79 Å². The first kappa shape index (κ1) is 16.1. The Morgan fingerprint density at radius 2 is 2.08 bits per heavy atom. The van der Waals surface area contributed by atoms with E-state index in [-0.39, 0.29) is 19.1 Å². The van der Waals surface area contributed by atoms with Crippen molar-refractivity contribution in [3.05, 3.63) is 46.2 Å². The number of fused-ring (bicyclic) bond motifs is 1. The van der Waals surface area contributed by atoms with E-state index < -0.39 is 12.1 Å². The van der Waals surface area contributed by atoms with Crippen LogP contribution >= 0.6 is 11.3 Å². The molecule has 0 radical (unpaired) electrons. The molecule has 126 valence electrons. The third kappa shape index (κ3) is 3.96. The molecule has 1 aliphatic heterocycles. The Balaban J connectivity index is 1.57. The fourth-order valence-electron chi connectivity index (χ4n) is 2.39. The van der Waals surface area contributed by atoms with Crippen molar-refractivity contribution in [1.82, 2.24) is 10.6 Å². The van der Waals surface area contributed by atoms with E-state index in [1.54, 1.807) is 0 Å². The van der Waals surface area contributed by atoms with Crippen LogP contribution in [0.5, 0.6) is 11.5 Å². The summed E-state index contributed by atoms with van der Waals surface area (Å²) in [4.78, 5) is 24.2. The van der Waals surface area contributed by atoms with Crippen molar-refractivity contribution in [2.24, 2.45) is 5.73 Å². The molecule has 8 heteroatoms. The summed E-state index contributed by atoms with van der Waals surface area (Å²) in [5.74, 6) is 1.20. The van der Waals surface area contributed by atoms with Crippen LogP contribution in [0.2, 0.25) is 0 Å². The SMILES string of the molecule is NC(=O)N[C@@H](CC(=O)NCc1ccc2c(c1)OCO2)c1cccs1. The Morgan fingerprint density at radius 3 is 2.83 bits per heavy atom. The minimum Gasteiger partial charge on any atom is -0.454 e. The van der Waals surface area contributed by atoms with Crippen LogP contribution in [0.25, 0.3) is 0 Å². The van der Waals surface area contributed by atoms with Gasteiger partial charge in [0.05, 0.1) is 12.5 Å². The molecule has 0 unspecified atom stereocenters. The number of nitrogens with one attached hydrogen (secondary N) is 2. The zero-order valence-electron chi connectivity index (χ0n) is 12.8. The normalized spacial score (nSPS) is 13.3. The Morgan fingerprint density at radius 1 is 1.25 bits per heavy atom. The highest BCUT2D eigenvalue weighted by Gasteiger charge is 2.19. The number of amides is 3. The van der Waals surface area contributed by atoms with Crippen LogP contribution < -0.4 is 25.8 Å². The molecule has 0 aliphatic carbocycles. The number of ether oxygens (including phenoxy) is 2. The van der Waals surface area contributed by atoms with Gasteiger partial charge in [0.1, 0.15) is 0 Å². The summed E-state index contributed by atoms with van der Waals surface area (Å²) in [6.45, 7) is 0.579. The van der Waals surface area contributed by atoms with Crippen LogP contribution in [0.1, 0.15) is 22.9 Å². The Bertz CT molecular complexity index is 733. The molecule has 1 aliphatic rings. The number of benzene rings is 1. The van der Waals surface area contributed by atoms with Gasteiger partial charge in [0, 0.05) is 11.4 Å². The highest BCUT2D eigenvalue weighted by molar-refractivity contribution is 7.10. The Labute approximate surface area is 142 Å². The highest BCUT2D eigenvalue weighted by atomic mass is 32.1. The first-order valence-corrected chi connectivity index (χ1v) is 8.24. The van der Waals surface area contributed by atoms with Crippen LogP contribution in [0, 0.1) is 0 Å². The maximum atomic E-state index is 12.2. The summed E-state index contributed by atoms with van der Waals surface area (Å²) in [6.07, 6.45) is 0.119. The largest absolute Gasteiger partial charge is 0.454 e. The zero-order valence-corrected chi connectivity index (χ0v) is 13.6. The zero-order chi connectivity index (χ0) is 16.9. The molecule has 0 bridgehead atoms. The van der Waals surface area contributed by atoms with Gasteiger partial charge in [0.15, 0.2) is 11.5 Å². The summed E-state index contributed by atoms with van der Waals surface area (Å²) in [7, 11) is 0. The highest BCUT2D eigenvalue weighted by Crippen LogP contribution is 2.32. The average molecular weight is 347 g/mol. The number of thiophene rings is 1. The van der Waals surface area contributed by atoms with Crippen molar-refractivity contribution >= 4 is 23.3 Å². The number of hydrogen-bond donors (Lipinski definition) is 3. The Hall–Kier alpha value is -2.74. The van der Waals surface area contributed by atoms with Gasteiger partial charge in [-0.2, -0.15) is 0 Å². The molecule has 0 saturated heterocycles. The number of nitrogens with two attached hydrogens (primary N) is 1. The van der Waals surface area contributed by atoms with Gasteiger partial charge in [-0.3, -0.25) is 4.79 Å². The predicted molar refractivity (Wildman–Crippen MR) is 88.8 cm³/mol. The van der Waals surface area contributed by atoms with Crippen molar-refractivity contribution in [1.29, 1.82) is 0 Å². The van der Waals surface area contributed by atoms with Gasteiger partial charge in [0.2, 0.25) is 12.7 Å². The lowest BCUT2D eigenvalue weighted by Gasteiger charge is -2.16. The molecule has 2 heterocycles. The molecule has 3 rings (SSSR count). The molecule has 1 aromatic heterocycles. The molecule has 7 nitrogen and oxygen atoms in total. The van der Waals surface area contributed by atoms with Gasteiger partial charge in [-0.05, 0) is 29.1 Å². The second-order valence-electron chi connectivity index (χ2n) is 5.25. The van der Waals surface area contributed by atoms with E-state index in [1.165, 1.54) is 11.3 Å². The standard InChI is InChI=1S/C16H17N3O4S/c17-16(21)19-11(14-2-1-5-24-14)7-15(20)18-8-10-3-4-12-13(6-10)23-9-22-12/h1-6,11H,7-9H2,(H,18,20)(H3,17,19,21)/t11-/m0/s1. The molecule has 24 heavy (non-hydrogen) atoms. The number of hydrogen-bond acceptors (Lipinski definition) is 5. The van der Waals surface area contributed by atoms with Gasteiger partial charge in [0.25, 0.3) is 0 Å². The third-order valence-corrected chi connectivity index (χ3v) is 4.51. The van der Waals surface area contributed by atoms with Crippen molar-refractivity contribution in [3.63, 3.8) is 0 Å². The third-order valence-electron chi connectivity index (χ3n) is 3.52. The van der Waals surface area contributed by atoms with Crippen LogP contribution in [-0.4, -0.2) is 18.7 Å². The first-order valence-electron chi connectivity index (χ1n) is 7.36. The molecule has 0 spiro atoms. The predicted octanol–water partition coefficient (Wildman–Crippen LogP) is 1.89. The smallest absolute Gasteiger partial charge is 0.312 e. The number of carbonyl (C=O) groups is 2. The minimum atomic E-state index is -0.656. The molecule has 0 fully saturated rings. The minimum absolute atomic E-state index is 0.119. The van der Waals surface area contributed by atoms with E-state index in [9.17, 15) is 9.59 Å². The van der Waals surface area contributed by atoms with E-state index in [1.807, 2.05) is 35.7 Å². The lowest BCUT2D eigenvalue weighted by Crippen LogP contribution is -2.36. The van der Waals surface area contributed by atoms with E-state index in [2.05, 4.69) is 10.6 Å². The van der Waals surface area contributed by atoms with Gasteiger partial charge < -0.3 is 25.8 Å². The van der Waals surface area contributed by atoms with Crippen molar-refractivity contribution in [2.45, 2.75) is 19.0 Å². The molecule has 1 atom stereocenters. The Kier molecular flexibility index (Phi) is 4.85. The molecule has 1 aromatic carbocycles. The number of rotatable bonds is 6. The number of urea groups is 1.